The van der Waals surface area contributed by atoms with Gasteiger partial charge in [-0.15, -0.1) is 0 Å². The summed E-state index contributed by atoms with van der Waals surface area (Å²) in [7, 11) is 0. The number of aromatic nitrogens is 2. The summed E-state index contributed by atoms with van der Waals surface area (Å²) < 4.78 is 7.99. The van der Waals surface area contributed by atoms with Crippen LogP contribution in [0.5, 0.6) is 0 Å². The fourth-order valence-corrected chi connectivity index (χ4v) is 3.47. The maximum absolute atomic E-state index is 10.8. The van der Waals surface area contributed by atoms with Gasteiger partial charge in [0.1, 0.15) is 0 Å². The quantitative estimate of drug-likeness (QED) is 0.847. The second kappa shape index (κ2) is 6.18. The summed E-state index contributed by atoms with van der Waals surface area (Å²) in [4.78, 5) is 15.2. The smallest absolute Gasteiger partial charge is 0.313 e. The molecular formula is C14H22N2O3S. The lowest BCUT2D eigenvalue weighted by Crippen LogP contribution is -2.35. The molecule has 112 valence electrons. The number of thioether (sulfide) groups is 1. The molecule has 1 aliphatic heterocycles. The van der Waals surface area contributed by atoms with Crippen LogP contribution < -0.4 is 0 Å². The summed E-state index contributed by atoms with van der Waals surface area (Å²) in [5, 5.41) is 9.66. The van der Waals surface area contributed by atoms with E-state index in [1.165, 1.54) is 17.5 Å². The zero-order valence-electron chi connectivity index (χ0n) is 12.3. The maximum atomic E-state index is 10.8. The number of aryl methyl sites for hydroxylation is 1. The highest BCUT2D eigenvalue weighted by Crippen LogP contribution is 2.35. The first-order chi connectivity index (χ1) is 9.43. The Morgan fingerprint density at radius 3 is 3.00 bits per heavy atom. The van der Waals surface area contributed by atoms with E-state index < -0.39 is 5.97 Å². The molecule has 1 fully saturated rings. The number of carboxylic acids is 1. The van der Waals surface area contributed by atoms with Gasteiger partial charge < -0.3 is 14.4 Å². The lowest BCUT2D eigenvalue weighted by Gasteiger charge is -2.37. The predicted molar refractivity (Wildman–Crippen MR) is 78.3 cm³/mol. The Hall–Kier alpha value is -1.01. The number of carbonyl (C=O) groups is 1. The molecule has 0 aromatic carbocycles. The second-order valence-corrected chi connectivity index (χ2v) is 6.64. The van der Waals surface area contributed by atoms with E-state index in [4.69, 9.17) is 9.84 Å². The van der Waals surface area contributed by atoms with Gasteiger partial charge in [-0.2, -0.15) is 0 Å². The van der Waals surface area contributed by atoms with Crippen molar-refractivity contribution in [3.63, 3.8) is 0 Å². The molecular weight excluding hydrogens is 276 g/mol. The standard InChI is InChI=1S/C14H22N2O3S/c1-4-10-8-15-13(20-9-12(17)18)16(10)11-5-6-19-14(2,3)7-11/h8,11H,4-7,9H2,1-3H3,(H,17,18). The lowest BCUT2D eigenvalue weighted by atomic mass is 9.93. The van der Waals surface area contributed by atoms with Crippen LogP contribution in [0.15, 0.2) is 11.4 Å². The van der Waals surface area contributed by atoms with Gasteiger partial charge in [0.2, 0.25) is 0 Å². The van der Waals surface area contributed by atoms with Crippen molar-refractivity contribution in [3.05, 3.63) is 11.9 Å². The third-order valence-electron chi connectivity index (χ3n) is 3.56. The van der Waals surface area contributed by atoms with Crippen molar-refractivity contribution in [2.75, 3.05) is 12.4 Å². The molecule has 1 aromatic rings. The molecule has 0 bridgehead atoms. The average Bonchev–Trinajstić information content (AvgIpc) is 2.78. The van der Waals surface area contributed by atoms with Crippen LogP contribution >= 0.6 is 11.8 Å². The first-order valence-corrected chi connectivity index (χ1v) is 7.96. The summed E-state index contributed by atoms with van der Waals surface area (Å²) in [6.07, 6.45) is 4.65. The molecule has 6 heteroatoms. The van der Waals surface area contributed by atoms with Gasteiger partial charge in [0.15, 0.2) is 5.16 Å². The maximum Gasteiger partial charge on any atom is 0.313 e. The van der Waals surface area contributed by atoms with Crippen molar-refractivity contribution in [1.82, 2.24) is 9.55 Å². The predicted octanol–water partition coefficient (Wildman–Crippen LogP) is 2.75. The topological polar surface area (TPSA) is 64.3 Å². The summed E-state index contributed by atoms with van der Waals surface area (Å²) >= 11 is 1.30. The van der Waals surface area contributed by atoms with Crippen LogP contribution in [-0.2, 0) is 16.0 Å². The molecule has 0 saturated carbocycles. The highest BCUT2D eigenvalue weighted by Gasteiger charge is 2.31. The highest BCUT2D eigenvalue weighted by atomic mass is 32.2. The molecule has 2 rings (SSSR count). The molecule has 1 aliphatic rings. The zero-order chi connectivity index (χ0) is 14.8. The van der Waals surface area contributed by atoms with E-state index >= 15 is 0 Å². The van der Waals surface area contributed by atoms with Crippen molar-refractivity contribution in [2.45, 2.75) is 56.8 Å². The number of aliphatic carboxylic acids is 1. The van der Waals surface area contributed by atoms with Gasteiger partial charge in [0.25, 0.3) is 0 Å². The third kappa shape index (κ3) is 3.55. The molecule has 1 unspecified atom stereocenters. The van der Waals surface area contributed by atoms with E-state index in [-0.39, 0.29) is 11.4 Å². The SMILES string of the molecule is CCc1cnc(SCC(=O)O)n1C1CCOC(C)(C)C1. The second-order valence-electron chi connectivity index (χ2n) is 5.69. The summed E-state index contributed by atoms with van der Waals surface area (Å²) in [6, 6.07) is 0.340. The summed E-state index contributed by atoms with van der Waals surface area (Å²) in [6.45, 7) is 7.04. The fourth-order valence-electron chi connectivity index (χ4n) is 2.68. The van der Waals surface area contributed by atoms with Crippen LogP contribution in [0, 0.1) is 0 Å². The van der Waals surface area contributed by atoms with Crippen LogP contribution in [0.4, 0.5) is 0 Å². The van der Waals surface area contributed by atoms with Crippen molar-refractivity contribution in [2.24, 2.45) is 0 Å². The molecule has 2 heterocycles. The molecule has 20 heavy (non-hydrogen) atoms. The molecule has 0 aliphatic carbocycles. The van der Waals surface area contributed by atoms with Crippen LogP contribution in [-0.4, -0.2) is 38.6 Å². The number of rotatable bonds is 5. The molecule has 1 aromatic heterocycles. The zero-order valence-corrected chi connectivity index (χ0v) is 13.1. The van der Waals surface area contributed by atoms with Gasteiger partial charge in [0.05, 0.1) is 11.4 Å². The van der Waals surface area contributed by atoms with E-state index in [0.29, 0.717) is 6.04 Å². The first kappa shape index (κ1) is 15.4. The normalized spacial score (nSPS) is 21.9. The molecule has 0 radical (unpaired) electrons. The van der Waals surface area contributed by atoms with E-state index in [1.54, 1.807) is 0 Å². The number of nitrogens with zero attached hydrogens (tertiary/aromatic N) is 2. The van der Waals surface area contributed by atoms with Gasteiger partial charge >= 0.3 is 5.97 Å². The Morgan fingerprint density at radius 1 is 1.65 bits per heavy atom. The van der Waals surface area contributed by atoms with E-state index in [0.717, 1.165) is 31.0 Å². The van der Waals surface area contributed by atoms with Gasteiger partial charge in [0, 0.05) is 24.5 Å². The highest BCUT2D eigenvalue weighted by molar-refractivity contribution is 7.99. The molecule has 5 nitrogen and oxygen atoms in total. The van der Waals surface area contributed by atoms with Crippen molar-refractivity contribution >= 4 is 17.7 Å². The largest absolute Gasteiger partial charge is 0.481 e. The van der Waals surface area contributed by atoms with Crippen molar-refractivity contribution < 1.29 is 14.6 Å². The lowest BCUT2D eigenvalue weighted by molar-refractivity contribution is -0.133. The summed E-state index contributed by atoms with van der Waals surface area (Å²) in [5.74, 6) is -0.762. The van der Waals surface area contributed by atoms with Crippen molar-refractivity contribution in [1.29, 1.82) is 0 Å². The van der Waals surface area contributed by atoms with E-state index in [2.05, 4.69) is 30.3 Å². The number of hydrogen-bond donors (Lipinski definition) is 1. The fraction of sp³-hybridized carbons (Fsp3) is 0.714. The monoisotopic (exact) mass is 298 g/mol. The molecule has 1 saturated heterocycles. The summed E-state index contributed by atoms with van der Waals surface area (Å²) in [5.41, 5.74) is 1.04. The van der Waals surface area contributed by atoms with Gasteiger partial charge in [-0.3, -0.25) is 4.79 Å². The minimum Gasteiger partial charge on any atom is -0.481 e. The Bertz CT molecular complexity index is 485. The minimum atomic E-state index is -0.810. The molecule has 0 spiro atoms. The van der Waals surface area contributed by atoms with Gasteiger partial charge in [-0.05, 0) is 33.1 Å². The number of carboxylic acid groups (broad SMARTS) is 1. The van der Waals surface area contributed by atoms with Gasteiger partial charge in [-0.1, -0.05) is 18.7 Å². The van der Waals surface area contributed by atoms with Crippen LogP contribution in [0.1, 0.15) is 45.3 Å². The van der Waals surface area contributed by atoms with Gasteiger partial charge in [-0.25, -0.2) is 4.98 Å². The Balaban J connectivity index is 2.23. The average molecular weight is 298 g/mol. The number of imidazole rings is 1. The van der Waals surface area contributed by atoms with Crippen LogP contribution in [0.25, 0.3) is 0 Å². The Kier molecular flexibility index (Phi) is 4.75. The van der Waals surface area contributed by atoms with E-state index in [1.807, 2.05) is 6.20 Å². The molecule has 1 N–H and O–H groups in total. The van der Waals surface area contributed by atoms with Crippen molar-refractivity contribution in [3.8, 4) is 0 Å². The number of hydrogen-bond acceptors (Lipinski definition) is 4. The van der Waals surface area contributed by atoms with E-state index in [9.17, 15) is 4.79 Å². The van der Waals surface area contributed by atoms with Crippen LogP contribution in [0.3, 0.4) is 0 Å². The Morgan fingerprint density at radius 2 is 2.40 bits per heavy atom. The van der Waals surface area contributed by atoms with Crippen LogP contribution in [0.2, 0.25) is 0 Å². The molecule has 0 amide bonds. The molecule has 1 atom stereocenters. The Labute approximate surface area is 123 Å². The first-order valence-electron chi connectivity index (χ1n) is 6.97. The minimum absolute atomic E-state index is 0.0484. The third-order valence-corrected chi connectivity index (χ3v) is 4.51. The number of ether oxygens (including phenoxy) is 1.